The van der Waals surface area contributed by atoms with E-state index >= 15 is 0 Å². The number of ether oxygens (including phenoxy) is 2. The molecule has 0 saturated carbocycles. The lowest BCUT2D eigenvalue weighted by Gasteiger charge is -2.09. The summed E-state index contributed by atoms with van der Waals surface area (Å²) in [5, 5.41) is 14.6. The number of aromatic nitrogens is 4. The molecule has 34 heavy (non-hydrogen) atoms. The molecule has 4 aromatic rings. The zero-order chi connectivity index (χ0) is 24.1. The van der Waals surface area contributed by atoms with E-state index in [1.165, 1.54) is 27.8 Å². The summed E-state index contributed by atoms with van der Waals surface area (Å²) in [5.41, 5.74) is 3.53. The molecular weight excluding hydrogens is 472 g/mol. The molecule has 3 N–H and O–H groups in total. The predicted molar refractivity (Wildman–Crippen MR) is 134 cm³/mol. The molecule has 0 aliphatic carbocycles. The number of methoxy groups -OCH3 is 2. The van der Waals surface area contributed by atoms with Gasteiger partial charge in [0.2, 0.25) is 11.1 Å². The second-order valence-corrected chi connectivity index (χ2v) is 9.24. The first-order valence-corrected chi connectivity index (χ1v) is 12.2. The number of thiazole rings is 1. The van der Waals surface area contributed by atoms with Gasteiger partial charge in [0.1, 0.15) is 5.01 Å². The highest BCUT2D eigenvalue weighted by atomic mass is 32.2. The van der Waals surface area contributed by atoms with Gasteiger partial charge >= 0.3 is 0 Å². The van der Waals surface area contributed by atoms with Crippen molar-refractivity contribution in [2.75, 3.05) is 25.4 Å². The molecule has 1 amide bonds. The summed E-state index contributed by atoms with van der Waals surface area (Å²) in [7, 11) is 3.16. The van der Waals surface area contributed by atoms with Crippen molar-refractivity contribution in [3.05, 3.63) is 64.1 Å². The van der Waals surface area contributed by atoms with Crippen molar-refractivity contribution >= 4 is 34.7 Å². The summed E-state index contributed by atoms with van der Waals surface area (Å²) in [6.45, 7) is 2.00. The van der Waals surface area contributed by atoms with Gasteiger partial charge in [-0.3, -0.25) is 4.79 Å². The summed E-state index contributed by atoms with van der Waals surface area (Å²) in [4.78, 5) is 16.9. The molecule has 0 spiro atoms. The van der Waals surface area contributed by atoms with Gasteiger partial charge in [0.15, 0.2) is 17.3 Å². The zero-order valence-electron chi connectivity index (χ0n) is 18.9. The fraction of sp³-hybridized carbons (Fsp3) is 0.217. The number of rotatable bonds is 9. The monoisotopic (exact) mass is 496 g/mol. The third-order valence-corrected chi connectivity index (χ3v) is 6.78. The summed E-state index contributed by atoms with van der Waals surface area (Å²) in [6.07, 6.45) is 0.222. The van der Waals surface area contributed by atoms with E-state index in [1.807, 2.05) is 42.6 Å². The first-order chi connectivity index (χ1) is 16.5. The molecule has 0 fully saturated rings. The molecule has 0 aliphatic heterocycles. The van der Waals surface area contributed by atoms with Crippen LogP contribution in [0.25, 0.3) is 11.4 Å². The Morgan fingerprint density at radius 2 is 1.88 bits per heavy atom. The van der Waals surface area contributed by atoms with Crippen LogP contribution in [0.3, 0.4) is 0 Å². The number of amides is 1. The molecule has 2 aromatic heterocycles. The largest absolute Gasteiger partial charge is 0.493 e. The highest BCUT2D eigenvalue weighted by molar-refractivity contribution is 7.98. The highest BCUT2D eigenvalue weighted by Crippen LogP contribution is 2.32. The van der Waals surface area contributed by atoms with Crippen LogP contribution in [0.5, 0.6) is 11.5 Å². The van der Waals surface area contributed by atoms with Gasteiger partial charge in [-0.2, -0.15) is 0 Å². The van der Waals surface area contributed by atoms with E-state index < -0.39 is 0 Å². The Balaban J connectivity index is 1.36. The number of benzene rings is 2. The van der Waals surface area contributed by atoms with E-state index in [2.05, 4.69) is 20.5 Å². The van der Waals surface area contributed by atoms with E-state index in [0.29, 0.717) is 28.2 Å². The molecule has 0 radical (unpaired) electrons. The van der Waals surface area contributed by atoms with Crippen molar-refractivity contribution in [1.29, 1.82) is 0 Å². The Hall–Kier alpha value is -3.57. The van der Waals surface area contributed by atoms with Crippen molar-refractivity contribution in [2.45, 2.75) is 24.3 Å². The first kappa shape index (κ1) is 23.6. The summed E-state index contributed by atoms with van der Waals surface area (Å²) >= 11 is 2.88. The van der Waals surface area contributed by atoms with Crippen LogP contribution in [0, 0.1) is 6.92 Å². The number of anilines is 1. The van der Waals surface area contributed by atoms with Gasteiger partial charge in [0.25, 0.3) is 0 Å². The average molecular weight is 497 g/mol. The number of nitrogen functional groups attached to an aromatic ring is 1. The van der Waals surface area contributed by atoms with Crippen LogP contribution >= 0.6 is 23.1 Å². The fourth-order valence-electron chi connectivity index (χ4n) is 3.16. The molecule has 4 rings (SSSR count). The van der Waals surface area contributed by atoms with Gasteiger partial charge in [-0.05, 0) is 37.3 Å². The van der Waals surface area contributed by atoms with Gasteiger partial charge in [-0.1, -0.05) is 29.5 Å². The maximum Gasteiger partial charge on any atom is 0.231 e. The van der Waals surface area contributed by atoms with E-state index in [4.69, 9.17) is 15.3 Å². The lowest BCUT2D eigenvalue weighted by Crippen LogP contribution is -2.14. The zero-order valence-corrected chi connectivity index (χ0v) is 20.6. The Morgan fingerprint density at radius 3 is 2.62 bits per heavy atom. The van der Waals surface area contributed by atoms with Gasteiger partial charge in [-0.15, -0.1) is 21.5 Å². The number of hydrogen-bond acceptors (Lipinski definition) is 9. The van der Waals surface area contributed by atoms with Crippen molar-refractivity contribution in [3.63, 3.8) is 0 Å². The van der Waals surface area contributed by atoms with Crippen molar-refractivity contribution in [1.82, 2.24) is 19.9 Å². The van der Waals surface area contributed by atoms with Gasteiger partial charge < -0.3 is 20.6 Å². The Labute approximate surface area is 205 Å². The lowest BCUT2D eigenvalue weighted by molar-refractivity contribution is -0.115. The number of hydrogen-bond donors (Lipinski definition) is 2. The third-order valence-electron chi connectivity index (χ3n) is 4.90. The number of nitrogens with zero attached hydrogens (tertiary/aromatic N) is 4. The number of carbonyl (C=O) groups is 1. The minimum Gasteiger partial charge on any atom is -0.493 e. The molecule has 11 heteroatoms. The first-order valence-electron chi connectivity index (χ1n) is 10.3. The van der Waals surface area contributed by atoms with Crippen LogP contribution in [-0.2, 0) is 17.0 Å². The van der Waals surface area contributed by atoms with Gasteiger partial charge in [0, 0.05) is 22.4 Å². The van der Waals surface area contributed by atoms with Crippen LogP contribution in [0.4, 0.5) is 5.69 Å². The molecule has 0 atom stereocenters. The minimum atomic E-state index is -0.0985. The number of nitrogens with two attached hydrogens (primary N) is 1. The molecular formula is C23H24N6O3S2. The quantitative estimate of drug-likeness (QED) is 0.265. The fourth-order valence-corrected chi connectivity index (χ4v) is 4.81. The van der Waals surface area contributed by atoms with Crippen molar-refractivity contribution in [3.8, 4) is 22.9 Å². The number of thioether (sulfide) groups is 1. The number of aryl methyl sites for hydroxylation is 1. The second-order valence-electron chi connectivity index (χ2n) is 7.36. The number of nitrogens with one attached hydrogen (secondary N) is 1. The SMILES string of the molecule is COc1ccc(-c2nnc(SCc3csc(CC(=O)Nc4ccc(C)cc4)n3)n2N)cc1OC. The standard InChI is InChI=1S/C23H24N6O3S2/c1-14-4-7-16(8-5-14)25-20(30)11-21-26-17(12-33-21)13-34-23-28-27-22(29(23)24)15-6-9-18(31-2)19(10-15)32-3/h4-10,12H,11,13,24H2,1-3H3,(H,25,30). The second kappa shape index (κ2) is 10.6. The maximum atomic E-state index is 12.3. The molecule has 0 saturated heterocycles. The Kier molecular flexibility index (Phi) is 7.33. The maximum absolute atomic E-state index is 12.3. The molecule has 176 valence electrons. The van der Waals surface area contributed by atoms with Gasteiger partial charge in [-0.25, -0.2) is 9.66 Å². The average Bonchev–Trinajstić information content (AvgIpc) is 3.44. The molecule has 0 bridgehead atoms. The van der Waals surface area contributed by atoms with Crippen LogP contribution in [0.15, 0.2) is 53.0 Å². The van der Waals surface area contributed by atoms with E-state index in [1.54, 1.807) is 26.4 Å². The van der Waals surface area contributed by atoms with Gasteiger partial charge in [0.05, 0.1) is 26.3 Å². The summed E-state index contributed by atoms with van der Waals surface area (Å²) in [6, 6.07) is 13.1. The highest BCUT2D eigenvalue weighted by Gasteiger charge is 2.16. The molecule has 9 nitrogen and oxygen atoms in total. The van der Waals surface area contributed by atoms with Crippen LogP contribution in [0.2, 0.25) is 0 Å². The molecule has 0 aliphatic rings. The van der Waals surface area contributed by atoms with Crippen molar-refractivity contribution in [2.24, 2.45) is 0 Å². The van der Waals surface area contributed by atoms with E-state index in [9.17, 15) is 4.79 Å². The van der Waals surface area contributed by atoms with E-state index in [0.717, 1.165) is 27.5 Å². The van der Waals surface area contributed by atoms with Crippen LogP contribution in [-0.4, -0.2) is 40.0 Å². The Bertz CT molecular complexity index is 1290. The Morgan fingerprint density at radius 1 is 1.12 bits per heavy atom. The van der Waals surface area contributed by atoms with Crippen molar-refractivity contribution < 1.29 is 14.3 Å². The molecule has 2 aromatic carbocycles. The normalized spacial score (nSPS) is 10.8. The van der Waals surface area contributed by atoms with Crippen LogP contribution in [0.1, 0.15) is 16.3 Å². The van der Waals surface area contributed by atoms with Crippen LogP contribution < -0.4 is 20.6 Å². The van der Waals surface area contributed by atoms with E-state index in [-0.39, 0.29) is 12.3 Å². The molecule has 0 unspecified atom stereocenters. The minimum absolute atomic E-state index is 0.0985. The summed E-state index contributed by atoms with van der Waals surface area (Å²) in [5.74, 6) is 8.41. The lowest BCUT2D eigenvalue weighted by atomic mass is 10.2. The third kappa shape index (κ3) is 5.49. The smallest absolute Gasteiger partial charge is 0.231 e. The molecule has 2 heterocycles. The number of carbonyl (C=O) groups excluding carboxylic acids is 1. The summed E-state index contributed by atoms with van der Waals surface area (Å²) < 4.78 is 12.1. The predicted octanol–water partition coefficient (Wildman–Crippen LogP) is 3.91. The topological polar surface area (TPSA) is 117 Å².